The Bertz CT molecular complexity index is 567. The van der Waals surface area contributed by atoms with Crippen molar-refractivity contribution >= 4 is 5.91 Å². The fraction of sp³-hybridized carbons (Fsp3) is 0.667. The van der Waals surface area contributed by atoms with E-state index in [1.165, 1.54) is 18.4 Å². The molecule has 2 aliphatic heterocycles. The molecule has 1 aromatic carbocycles. The van der Waals surface area contributed by atoms with Gasteiger partial charge in [0.05, 0.1) is 12.1 Å². The van der Waals surface area contributed by atoms with E-state index in [1.54, 1.807) is 0 Å². The molecule has 2 saturated heterocycles. The van der Waals surface area contributed by atoms with Crippen LogP contribution in [-0.4, -0.2) is 49.2 Å². The Morgan fingerprint density at radius 3 is 2.60 bits per heavy atom. The minimum atomic E-state index is -0.117. The van der Waals surface area contributed by atoms with E-state index in [-0.39, 0.29) is 16.9 Å². The third-order valence-corrected chi connectivity index (χ3v) is 5.72. The Kier molecular flexibility index (Phi) is 5.80. The third-order valence-electron chi connectivity index (χ3n) is 5.72. The van der Waals surface area contributed by atoms with Crippen LogP contribution in [0.5, 0.6) is 0 Å². The first-order valence-electron chi connectivity index (χ1n) is 9.68. The van der Waals surface area contributed by atoms with Crippen LogP contribution in [0.2, 0.25) is 0 Å². The molecule has 0 unspecified atom stereocenters. The third kappa shape index (κ3) is 4.83. The van der Waals surface area contributed by atoms with E-state index in [0.29, 0.717) is 6.54 Å². The largest absolute Gasteiger partial charge is 0.376 e. The zero-order valence-electron chi connectivity index (χ0n) is 15.7. The molecule has 0 bridgehead atoms. The van der Waals surface area contributed by atoms with E-state index in [1.807, 2.05) is 0 Å². The monoisotopic (exact) mass is 344 g/mol. The molecule has 1 amide bonds. The topological polar surface area (TPSA) is 41.6 Å². The summed E-state index contributed by atoms with van der Waals surface area (Å²) < 4.78 is 5.96. The minimum Gasteiger partial charge on any atom is -0.376 e. The van der Waals surface area contributed by atoms with Crippen molar-refractivity contribution in [3.05, 3.63) is 35.9 Å². The molecule has 0 spiro atoms. The van der Waals surface area contributed by atoms with Gasteiger partial charge in [-0.1, -0.05) is 30.3 Å². The van der Waals surface area contributed by atoms with Gasteiger partial charge >= 0.3 is 0 Å². The molecule has 4 heteroatoms. The lowest BCUT2D eigenvalue weighted by Crippen LogP contribution is -2.46. The predicted octanol–water partition coefficient (Wildman–Crippen LogP) is 3.12. The van der Waals surface area contributed by atoms with Crippen LogP contribution < -0.4 is 5.32 Å². The lowest BCUT2D eigenvalue weighted by molar-refractivity contribution is -0.122. The summed E-state index contributed by atoms with van der Waals surface area (Å²) in [5, 5.41) is 3.16. The molecule has 3 rings (SSSR count). The molecule has 4 nitrogen and oxygen atoms in total. The van der Waals surface area contributed by atoms with Gasteiger partial charge < -0.3 is 10.1 Å². The summed E-state index contributed by atoms with van der Waals surface area (Å²) in [6.45, 7) is 8.54. The van der Waals surface area contributed by atoms with Gasteiger partial charge in [0.15, 0.2) is 0 Å². The maximum atomic E-state index is 12.2. The molecule has 2 heterocycles. The fourth-order valence-electron chi connectivity index (χ4n) is 4.51. The Labute approximate surface area is 151 Å². The van der Waals surface area contributed by atoms with Crippen molar-refractivity contribution in [2.45, 2.75) is 57.0 Å². The van der Waals surface area contributed by atoms with Crippen molar-refractivity contribution in [1.82, 2.24) is 10.2 Å². The zero-order valence-corrected chi connectivity index (χ0v) is 15.7. The molecular formula is C21H32N2O2. The van der Waals surface area contributed by atoms with Crippen molar-refractivity contribution in [2.75, 3.05) is 32.8 Å². The van der Waals surface area contributed by atoms with Gasteiger partial charge in [-0.2, -0.15) is 0 Å². The molecule has 25 heavy (non-hydrogen) atoms. The van der Waals surface area contributed by atoms with Gasteiger partial charge in [0.1, 0.15) is 0 Å². The number of carbonyl (C=O) groups excluding carboxylic acids is 1. The molecular weight excluding hydrogens is 312 g/mol. The summed E-state index contributed by atoms with van der Waals surface area (Å²) in [4.78, 5) is 14.5. The first-order valence-corrected chi connectivity index (χ1v) is 9.68. The Morgan fingerprint density at radius 2 is 1.92 bits per heavy atom. The first kappa shape index (κ1) is 18.4. The van der Waals surface area contributed by atoms with Gasteiger partial charge in [0, 0.05) is 18.6 Å². The Hall–Kier alpha value is -1.39. The fourth-order valence-corrected chi connectivity index (χ4v) is 4.51. The zero-order chi connectivity index (χ0) is 17.8. The summed E-state index contributed by atoms with van der Waals surface area (Å²) >= 11 is 0. The smallest absolute Gasteiger partial charge is 0.234 e. The number of hydrogen-bond acceptors (Lipinski definition) is 3. The second-order valence-electron chi connectivity index (χ2n) is 8.26. The van der Waals surface area contributed by atoms with E-state index in [4.69, 9.17) is 4.74 Å². The van der Waals surface area contributed by atoms with Crippen LogP contribution in [0.15, 0.2) is 30.3 Å². The summed E-state index contributed by atoms with van der Waals surface area (Å²) in [7, 11) is 0. The normalized spacial score (nSPS) is 26.5. The predicted molar refractivity (Wildman–Crippen MR) is 101 cm³/mol. The van der Waals surface area contributed by atoms with Crippen LogP contribution in [0, 0.1) is 0 Å². The summed E-state index contributed by atoms with van der Waals surface area (Å²) in [6, 6.07) is 10.8. The summed E-state index contributed by atoms with van der Waals surface area (Å²) in [5.74, 6) is 0.163. The molecule has 1 N–H and O–H groups in total. The molecule has 0 saturated carbocycles. The summed E-state index contributed by atoms with van der Waals surface area (Å²) in [6.07, 6.45) is 5.42. The summed E-state index contributed by atoms with van der Waals surface area (Å²) in [5.41, 5.74) is 1.34. The van der Waals surface area contributed by atoms with Crippen LogP contribution in [0.4, 0.5) is 0 Å². The minimum absolute atomic E-state index is 0.0872. The number of nitrogens with one attached hydrogen (secondary N) is 1. The van der Waals surface area contributed by atoms with Crippen LogP contribution in [0.1, 0.15) is 51.5 Å². The molecule has 0 aromatic heterocycles. The highest BCUT2D eigenvalue weighted by molar-refractivity contribution is 5.78. The number of ether oxygens (including phenoxy) is 1. The van der Waals surface area contributed by atoms with Gasteiger partial charge in [-0.3, -0.25) is 9.69 Å². The van der Waals surface area contributed by atoms with Crippen LogP contribution >= 0.6 is 0 Å². The molecule has 138 valence electrons. The lowest BCUT2D eigenvalue weighted by atomic mass is 9.67. The van der Waals surface area contributed by atoms with Gasteiger partial charge in [0.2, 0.25) is 5.91 Å². The van der Waals surface area contributed by atoms with E-state index in [2.05, 4.69) is 54.4 Å². The molecule has 0 radical (unpaired) electrons. The van der Waals surface area contributed by atoms with Crippen LogP contribution in [-0.2, 0) is 14.9 Å². The van der Waals surface area contributed by atoms with Crippen LogP contribution in [0.25, 0.3) is 0 Å². The van der Waals surface area contributed by atoms with Crippen molar-refractivity contribution < 1.29 is 9.53 Å². The number of benzene rings is 1. The number of rotatable bonds is 6. The maximum absolute atomic E-state index is 12.2. The average molecular weight is 344 g/mol. The van der Waals surface area contributed by atoms with E-state index in [0.717, 1.165) is 45.5 Å². The molecule has 1 aromatic rings. The average Bonchev–Trinajstić information content (AvgIpc) is 3.07. The quantitative estimate of drug-likeness (QED) is 0.862. The van der Waals surface area contributed by atoms with E-state index < -0.39 is 0 Å². The Morgan fingerprint density at radius 1 is 1.20 bits per heavy atom. The number of hydrogen-bond donors (Lipinski definition) is 1. The lowest BCUT2D eigenvalue weighted by Gasteiger charge is -2.45. The van der Waals surface area contributed by atoms with E-state index in [9.17, 15) is 4.79 Å². The molecule has 1 atom stereocenters. The molecule has 2 fully saturated rings. The number of amides is 1. The highest BCUT2D eigenvalue weighted by Gasteiger charge is 2.41. The van der Waals surface area contributed by atoms with Crippen molar-refractivity contribution in [2.24, 2.45) is 0 Å². The van der Waals surface area contributed by atoms with Crippen molar-refractivity contribution in [1.29, 1.82) is 0 Å². The van der Waals surface area contributed by atoms with Gasteiger partial charge in [0.25, 0.3) is 0 Å². The van der Waals surface area contributed by atoms with Gasteiger partial charge in [-0.15, -0.1) is 0 Å². The second kappa shape index (κ2) is 7.88. The van der Waals surface area contributed by atoms with E-state index >= 15 is 0 Å². The number of carbonyl (C=O) groups is 1. The van der Waals surface area contributed by atoms with Crippen LogP contribution in [0.3, 0.4) is 0 Å². The van der Waals surface area contributed by atoms with Gasteiger partial charge in [-0.05, 0) is 64.6 Å². The molecule has 2 aliphatic rings. The first-order chi connectivity index (χ1) is 12.0. The van der Waals surface area contributed by atoms with Gasteiger partial charge in [-0.25, -0.2) is 0 Å². The Balaban J connectivity index is 1.61. The SMILES string of the molecule is CC1(C)C[C@](CCNC(=O)CN2CCCC2)(c2ccccc2)CCO1. The maximum Gasteiger partial charge on any atom is 0.234 e. The number of nitrogens with zero attached hydrogens (tertiary/aromatic N) is 1. The van der Waals surface area contributed by atoms with Crippen molar-refractivity contribution in [3.63, 3.8) is 0 Å². The second-order valence-corrected chi connectivity index (χ2v) is 8.26. The highest BCUT2D eigenvalue weighted by Crippen LogP contribution is 2.43. The number of likely N-dealkylation sites (tertiary alicyclic amines) is 1. The highest BCUT2D eigenvalue weighted by atomic mass is 16.5. The standard InChI is InChI=1S/C21H32N2O2/c1-20(2)17-21(11-15-25-20,18-8-4-3-5-9-18)10-12-22-19(24)16-23-13-6-7-14-23/h3-5,8-9H,6-7,10-17H2,1-2H3,(H,22,24)/t21-/m1/s1. The molecule has 0 aliphatic carbocycles. The van der Waals surface area contributed by atoms with Crippen molar-refractivity contribution in [3.8, 4) is 0 Å².